The lowest BCUT2D eigenvalue weighted by Gasteiger charge is -2.21. The van der Waals surface area contributed by atoms with E-state index < -0.39 is 10.0 Å². The Balaban J connectivity index is 1.83. The molecule has 0 spiro atoms. The Bertz CT molecular complexity index is 1180. The van der Waals surface area contributed by atoms with Gasteiger partial charge in [0.1, 0.15) is 0 Å². The van der Waals surface area contributed by atoms with E-state index in [1.807, 2.05) is 37.3 Å². The van der Waals surface area contributed by atoms with Crippen LogP contribution in [0.15, 0.2) is 64.4 Å². The number of aryl methyl sites for hydroxylation is 1. The van der Waals surface area contributed by atoms with Crippen molar-refractivity contribution in [2.45, 2.75) is 24.8 Å². The number of hydrogen-bond donors (Lipinski definition) is 1. The Morgan fingerprint density at radius 2 is 1.79 bits per heavy atom. The molecule has 0 radical (unpaired) electrons. The molecule has 0 atom stereocenters. The highest BCUT2D eigenvalue weighted by Gasteiger charge is 2.28. The summed E-state index contributed by atoms with van der Waals surface area (Å²) in [5, 5.41) is 4.20. The van der Waals surface area contributed by atoms with Crippen molar-refractivity contribution < 1.29 is 8.42 Å². The first-order chi connectivity index (χ1) is 14.0. The van der Waals surface area contributed by atoms with Crippen LogP contribution in [0.2, 0.25) is 0 Å². The maximum Gasteiger partial charge on any atom is 0.258 e. The van der Waals surface area contributed by atoms with E-state index in [1.54, 1.807) is 29.0 Å². The van der Waals surface area contributed by atoms with Gasteiger partial charge in [-0.25, -0.2) is 8.42 Å². The van der Waals surface area contributed by atoms with Gasteiger partial charge < -0.3 is 9.88 Å². The maximum atomic E-state index is 13.4. The van der Waals surface area contributed by atoms with Gasteiger partial charge in [0.25, 0.3) is 5.56 Å². The van der Waals surface area contributed by atoms with E-state index in [0.29, 0.717) is 37.0 Å². The molecule has 0 saturated carbocycles. The van der Waals surface area contributed by atoms with E-state index in [0.717, 1.165) is 24.1 Å². The van der Waals surface area contributed by atoms with Crippen molar-refractivity contribution in [2.75, 3.05) is 26.2 Å². The third-order valence-electron chi connectivity index (χ3n) is 5.37. The number of nitrogens with zero attached hydrogens (tertiary/aromatic N) is 2. The number of pyridine rings is 1. The standard InChI is InChI=1S/C22H25N3O3S/c1-17-15-24(16-18-7-3-2-4-8-18)22(26)19-9-5-10-20(21(17)19)29(27,28)25-13-6-11-23-12-14-25/h2-5,7-10,15,23H,6,11-14,16H2,1H3. The Morgan fingerprint density at radius 1 is 1.00 bits per heavy atom. The first-order valence-corrected chi connectivity index (χ1v) is 11.3. The van der Waals surface area contributed by atoms with Crippen molar-refractivity contribution in [2.24, 2.45) is 0 Å². The number of fused-ring (bicyclic) bond motifs is 1. The highest BCUT2D eigenvalue weighted by molar-refractivity contribution is 7.89. The normalized spacial score (nSPS) is 16.0. The molecule has 1 saturated heterocycles. The van der Waals surface area contributed by atoms with Crippen LogP contribution in [0.5, 0.6) is 0 Å². The zero-order chi connectivity index (χ0) is 20.4. The van der Waals surface area contributed by atoms with Crippen LogP contribution in [0, 0.1) is 6.92 Å². The second-order valence-electron chi connectivity index (χ2n) is 7.42. The Labute approximate surface area is 170 Å². The molecule has 0 bridgehead atoms. The van der Waals surface area contributed by atoms with Gasteiger partial charge in [0.15, 0.2) is 0 Å². The zero-order valence-electron chi connectivity index (χ0n) is 16.5. The summed E-state index contributed by atoms with van der Waals surface area (Å²) >= 11 is 0. The third-order valence-corrected chi connectivity index (χ3v) is 7.31. The lowest BCUT2D eigenvalue weighted by Crippen LogP contribution is -2.34. The van der Waals surface area contributed by atoms with E-state index in [1.165, 1.54) is 4.31 Å². The lowest BCUT2D eigenvalue weighted by molar-refractivity contribution is 0.432. The van der Waals surface area contributed by atoms with Gasteiger partial charge in [0.2, 0.25) is 10.0 Å². The zero-order valence-corrected chi connectivity index (χ0v) is 17.3. The second kappa shape index (κ2) is 8.10. The molecule has 4 rings (SSSR count). The highest BCUT2D eigenvalue weighted by atomic mass is 32.2. The van der Waals surface area contributed by atoms with Crippen LogP contribution in [0.1, 0.15) is 17.5 Å². The predicted molar refractivity (Wildman–Crippen MR) is 115 cm³/mol. The van der Waals surface area contributed by atoms with Crippen LogP contribution in [0.3, 0.4) is 0 Å². The maximum absolute atomic E-state index is 13.4. The van der Waals surface area contributed by atoms with Gasteiger partial charge in [-0.05, 0) is 43.1 Å². The monoisotopic (exact) mass is 411 g/mol. The molecule has 1 aliphatic heterocycles. The van der Waals surface area contributed by atoms with Crippen LogP contribution in [-0.4, -0.2) is 43.5 Å². The SMILES string of the molecule is Cc1cn(Cc2ccccc2)c(=O)c2cccc(S(=O)(=O)N3CCCNCC3)c12. The van der Waals surface area contributed by atoms with Gasteiger partial charge in [0, 0.05) is 36.6 Å². The smallest absolute Gasteiger partial charge is 0.258 e. The molecule has 0 amide bonds. The van der Waals surface area contributed by atoms with E-state index in [9.17, 15) is 13.2 Å². The molecule has 2 aromatic carbocycles. The minimum absolute atomic E-state index is 0.177. The fourth-order valence-corrected chi connectivity index (χ4v) is 5.70. The molecule has 1 aliphatic rings. The molecule has 6 nitrogen and oxygen atoms in total. The second-order valence-corrected chi connectivity index (χ2v) is 9.32. The molecule has 1 N–H and O–H groups in total. The highest BCUT2D eigenvalue weighted by Crippen LogP contribution is 2.27. The largest absolute Gasteiger partial charge is 0.315 e. The number of sulfonamides is 1. The van der Waals surface area contributed by atoms with Crippen molar-refractivity contribution in [3.8, 4) is 0 Å². The first-order valence-electron chi connectivity index (χ1n) is 9.86. The molecule has 0 unspecified atom stereocenters. The van der Waals surface area contributed by atoms with Crippen LogP contribution in [0.25, 0.3) is 10.8 Å². The number of benzene rings is 2. The van der Waals surface area contributed by atoms with E-state index in [2.05, 4.69) is 5.32 Å². The molecule has 0 aliphatic carbocycles. The van der Waals surface area contributed by atoms with E-state index in [-0.39, 0.29) is 10.5 Å². The summed E-state index contributed by atoms with van der Waals surface area (Å²) in [5.41, 5.74) is 1.63. The van der Waals surface area contributed by atoms with Crippen molar-refractivity contribution in [1.82, 2.24) is 14.2 Å². The summed E-state index contributed by atoms with van der Waals surface area (Å²) in [4.78, 5) is 13.4. The predicted octanol–water partition coefficient (Wildman–Crippen LogP) is 2.34. The molecule has 1 aromatic heterocycles. The van der Waals surface area contributed by atoms with Crippen molar-refractivity contribution in [3.63, 3.8) is 0 Å². The van der Waals surface area contributed by atoms with Crippen LogP contribution in [-0.2, 0) is 16.6 Å². The topological polar surface area (TPSA) is 71.4 Å². The molecule has 3 aromatic rings. The van der Waals surface area contributed by atoms with Gasteiger partial charge in [-0.1, -0.05) is 36.4 Å². The molecule has 29 heavy (non-hydrogen) atoms. The number of rotatable bonds is 4. The third kappa shape index (κ3) is 3.85. The van der Waals surface area contributed by atoms with E-state index >= 15 is 0 Å². The average molecular weight is 412 g/mol. The molecule has 7 heteroatoms. The van der Waals surface area contributed by atoms with Crippen LogP contribution >= 0.6 is 0 Å². The van der Waals surface area contributed by atoms with Crippen molar-refractivity contribution >= 4 is 20.8 Å². The Hall–Kier alpha value is -2.48. The molecular formula is C22H25N3O3S. The molecule has 1 fully saturated rings. The van der Waals surface area contributed by atoms with Gasteiger partial charge in [0.05, 0.1) is 11.4 Å². The Morgan fingerprint density at radius 3 is 2.59 bits per heavy atom. The summed E-state index contributed by atoms with van der Waals surface area (Å²) in [7, 11) is -3.68. The summed E-state index contributed by atoms with van der Waals surface area (Å²) in [6.45, 7) is 4.67. The average Bonchev–Trinajstić information content (AvgIpc) is 3.02. The first kappa shape index (κ1) is 19.8. The van der Waals surface area contributed by atoms with Crippen LogP contribution < -0.4 is 10.9 Å². The van der Waals surface area contributed by atoms with Gasteiger partial charge in [-0.15, -0.1) is 0 Å². The van der Waals surface area contributed by atoms with Crippen LogP contribution in [0.4, 0.5) is 0 Å². The number of hydrogen-bond acceptors (Lipinski definition) is 4. The number of nitrogens with one attached hydrogen (secondary N) is 1. The molecular weight excluding hydrogens is 386 g/mol. The van der Waals surface area contributed by atoms with Gasteiger partial charge in [-0.2, -0.15) is 4.31 Å². The summed E-state index contributed by atoms with van der Waals surface area (Å²) in [6.07, 6.45) is 2.54. The summed E-state index contributed by atoms with van der Waals surface area (Å²) < 4.78 is 29.9. The molecule has 152 valence electrons. The quantitative estimate of drug-likeness (QED) is 0.715. The minimum Gasteiger partial charge on any atom is -0.315 e. The molecule has 2 heterocycles. The van der Waals surface area contributed by atoms with Gasteiger partial charge in [-0.3, -0.25) is 4.79 Å². The van der Waals surface area contributed by atoms with Crippen molar-refractivity contribution in [1.29, 1.82) is 0 Å². The summed E-state index contributed by atoms with van der Waals surface area (Å²) in [5.74, 6) is 0. The van der Waals surface area contributed by atoms with Gasteiger partial charge >= 0.3 is 0 Å². The van der Waals surface area contributed by atoms with E-state index in [4.69, 9.17) is 0 Å². The number of aromatic nitrogens is 1. The Kier molecular flexibility index (Phi) is 5.54. The fraction of sp³-hybridized carbons (Fsp3) is 0.318. The van der Waals surface area contributed by atoms with Crippen molar-refractivity contribution in [3.05, 3.63) is 76.2 Å². The minimum atomic E-state index is -3.68. The summed E-state index contributed by atoms with van der Waals surface area (Å²) in [6, 6.07) is 14.8. The fourth-order valence-electron chi connectivity index (χ4n) is 3.94. The lowest BCUT2D eigenvalue weighted by atomic mass is 10.1.